The van der Waals surface area contributed by atoms with Crippen LogP contribution in [0.4, 0.5) is 4.39 Å². The van der Waals surface area contributed by atoms with Crippen LogP contribution in [-0.4, -0.2) is 6.29 Å². The quantitative estimate of drug-likeness (QED) is 0.720. The van der Waals surface area contributed by atoms with E-state index in [1.165, 1.54) is 12.3 Å². The van der Waals surface area contributed by atoms with Crippen molar-refractivity contribution in [3.05, 3.63) is 34.2 Å². The third kappa shape index (κ3) is 1.27. The maximum Gasteiger partial charge on any atom is 0.170 e. The van der Waals surface area contributed by atoms with Crippen LogP contribution in [0.25, 0.3) is 11.0 Å². The molecule has 0 saturated heterocycles. The van der Waals surface area contributed by atoms with Crippen LogP contribution >= 0.6 is 15.9 Å². The smallest absolute Gasteiger partial charge is 0.170 e. The Hall–Kier alpha value is -1.16. The molecule has 0 fully saturated rings. The summed E-state index contributed by atoms with van der Waals surface area (Å²) < 4.78 is 18.6. The molecule has 4 heteroatoms. The molecule has 1 heterocycles. The molecule has 0 atom stereocenters. The summed E-state index contributed by atoms with van der Waals surface area (Å²) in [5.74, 6) is -0.475. The minimum Gasteiger partial charge on any atom is -0.460 e. The summed E-state index contributed by atoms with van der Waals surface area (Å²) in [6.07, 6.45) is 1.88. The molecular weight excluding hydrogens is 239 g/mol. The molecule has 0 N–H and O–H groups in total. The zero-order chi connectivity index (χ0) is 9.42. The van der Waals surface area contributed by atoms with Crippen LogP contribution in [0.15, 0.2) is 27.3 Å². The maximum atomic E-state index is 13.2. The Morgan fingerprint density at radius 1 is 1.46 bits per heavy atom. The number of furan rings is 1. The van der Waals surface area contributed by atoms with Gasteiger partial charge in [-0.3, -0.25) is 4.79 Å². The summed E-state index contributed by atoms with van der Waals surface area (Å²) >= 11 is 3.13. The van der Waals surface area contributed by atoms with Crippen molar-refractivity contribution in [3.8, 4) is 0 Å². The van der Waals surface area contributed by atoms with E-state index < -0.39 is 5.82 Å². The molecule has 0 spiro atoms. The summed E-state index contributed by atoms with van der Waals surface area (Å²) in [7, 11) is 0. The number of carbonyl (C=O) groups is 1. The minimum absolute atomic E-state index is 0.116. The van der Waals surface area contributed by atoms with Gasteiger partial charge in [0.2, 0.25) is 0 Å². The highest BCUT2D eigenvalue weighted by Gasteiger charge is 2.10. The van der Waals surface area contributed by atoms with Crippen LogP contribution in [0, 0.1) is 5.82 Å². The molecule has 2 aromatic rings. The predicted octanol–water partition coefficient (Wildman–Crippen LogP) is 3.15. The molecule has 1 aromatic heterocycles. The van der Waals surface area contributed by atoms with Crippen molar-refractivity contribution < 1.29 is 13.6 Å². The van der Waals surface area contributed by atoms with E-state index in [-0.39, 0.29) is 5.58 Å². The van der Waals surface area contributed by atoms with Crippen LogP contribution in [0.3, 0.4) is 0 Å². The van der Waals surface area contributed by atoms with Crippen molar-refractivity contribution in [2.75, 3.05) is 0 Å². The molecule has 2 rings (SSSR count). The molecule has 0 aliphatic rings. The van der Waals surface area contributed by atoms with Gasteiger partial charge < -0.3 is 4.42 Å². The van der Waals surface area contributed by atoms with Crippen molar-refractivity contribution >= 4 is 33.2 Å². The topological polar surface area (TPSA) is 30.2 Å². The summed E-state index contributed by atoms with van der Waals surface area (Å²) in [5, 5.41) is 0.488. The number of benzene rings is 1. The molecule has 0 bridgehead atoms. The Morgan fingerprint density at radius 3 is 2.92 bits per heavy atom. The van der Waals surface area contributed by atoms with Crippen LogP contribution in [0.2, 0.25) is 0 Å². The Bertz CT molecular complexity index is 476. The lowest BCUT2D eigenvalue weighted by molar-refractivity contribution is 0.112. The van der Waals surface area contributed by atoms with Gasteiger partial charge in [-0.1, -0.05) is 15.9 Å². The molecule has 66 valence electrons. The number of hydrogen-bond donors (Lipinski definition) is 0. The van der Waals surface area contributed by atoms with Crippen molar-refractivity contribution in [2.45, 2.75) is 0 Å². The van der Waals surface area contributed by atoms with Gasteiger partial charge in [0.05, 0.1) is 5.56 Å². The van der Waals surface area contributed by atoms with Gasteiger partial charge in [-0.2, -0.15) is 0 Å². The largest absolute Gasteiger partial charge is 0.460 e. The summed E-state index contributed by atoms with van der Waals surface area (Å²) in [6.45, 7) is 0. The molecular formula is C9H4BrFO2. The summed E-state index contributed by atoms with van der Waals surface area (Å²) in [4.78, 5) is 10.5. The Balaban J connectivity index is 2.89. The Labute approximate surface area is 81.5 Å². The average Bonchev–Trinajstić information content (AvgIpc) is 2.47. The highest BCUT2D eigenvalue weighted by atomic mass is 79.9. The van der Waals surface area contributed by atoms with Gasteiger partial charge in [-0.25, -0.2) is 4.39 Å². The maximum absolute atomic E-state index is 13.2. The lowest BCUT2D eigenvalue weighted by Gasteiger charge is -1.93. The zero-order valence-electron chi connectivity index (χ0n) is 6.38. The Morgan fingerprint density at radius 2 is 2.23 bits per heavy atom. The standard InChI is InChI=1S/C9H4BrFO2/c10-6-1-7-5(3-12)4-13-9(7)8(11)2-6/h1-4H. The minimum atomic E-state index is -0.475. The van der Waals surface area contributed by atoms with Gasteiger partial charge in [0.15, 0.2) is 17.7 Å². The third-order valence-corrected chi connectivity index (χ3v) is 2.21. The normalized spacial score (nSPS) is 10.6. The Kier molecular flexibility index (Phi) is 1.92. The second kappa shape index (κ2) is 2.96. The number of rotatable bonds is 1. The first-order chi connectivity index (χ1) is 6.22. The van der Waals surface area contributed by atoms with Crippen LogP contribution in [0.1, 0.15) is 10.4 Å². The predicted molar refractivity (Wildman–Crippen MR) is 49.3 cm³/mol. The third-order valence-electron chi connectivity index (χ3n) is 1.75. The average molecular weight is 243 g/mol. The van der Waals surface area contributed by atoms with Crippen LogP contribution in [0.5, 0.6) is 0 Å². The molecule has 0 unspecified atom stereocenters. The first kappa shape index (κ1) is 8.44. The van der Waals surface area contributed by atoms with Gasteiger partial charge in [-0.15, -0.1) is 0 Å². The van der Waals surface area contributed by atoms with E-state index in [0.29, 0.717) is 21.7 Å². The lowest BCUT2D eigenvalue weighted by atomic mass is 10.2. The fraction of sp³-hybridized carbons (Fsp3) is 0. The van der Waals surface area contributed by atoms with Gasteiger partial charge >= 0.3 is 0 Å². The molecule has 2 nitrogen and oxygen atoms in total. The second-order valence-electron chi connectivity index (χ2n) is 2.57. The monoisotopic (exact) mass is 242 g/mol. The van der Waals surface area contributed by atoms with Crippen molar-refractivity contribution in [1.82, 2.24) is 0 Å². The lowest BCUT2D eigenvalue weighted by Crippen LogP contribution is -1.78. The molecule has 0 radical (unpaired) electrons. The highest BCUT2D eigenvalue weighted by molar-refractivity contribution is 9.10. The molecule has 0 amide bonds. The molecule has 13 heavy (non-hydrogen) atoms. The van der Waals surface area contributed by atoms with Gasteiger partial charge in [0.25, 0.3) is 0 Å². The number of hydrogen-bond acceptors (Lipinski definition) is 2. The number of carbonyl (C=O) groups excluding carboxylic acids is 1. The molecule has 0 saturated carbocycles. The number of fused-ring (bicyclic) bond motifs is 1. The second-order valence-corrected chi connectivity index (χ2v) is 3.49. The number of halogens is 2. The SMILES string of the molecule is O=Cc1coc2c(F)cc(Br)cc12. The van der Waals surface area contributed by atoms with E-state index in [2.05, 4.69) is 15.9 Å². The van der Waals surface area contributed by atoms with E-state index in [1.54, 1.807) is 6.07 Å². The fourth-order valence-electron chi connectivity index (χ4n) is 1.17. The van der Waals surface area contributed by atoms with E-state index in [9.17, 15) is 9.18 Å². The van der Waals surface area contributed by atoms with E-state index in [4.69, 9.17) is 4.42 Å². The van der Waals surface area contributed by atoms with Crippen LogP contribution < -0.4 is 0 Å². The summed E-state index contributed by atoms with van der Waals surface area (Å²) in [6, 6.07) is 2.94. The first-order valence-corrected chi connectivity index (χ1v) is 4.33. The van der Waals surface area contributed by atoms with E-state index in [0.717, 1.165) is 0 Å². The molecule has 0 aliphatic carbocycles. The highest BCUT2D eigenvalue weighted by Crippen LogP contribution is 2.26. The van der Waals surface area contributed by atoms with E-state index >= 15 is 0 Å². The van der Waals surface area contributed by atoms with Gasteiger partial charge in [0, 0.05) is 9.86 Å². The molecule has 0 aliphatic heterocycles. The van der Waals surface area contributed by atoms with Crippen molar-refractivity contribution in [1.29, 1.82) is 0 Å². The van der Waals surface area contributed by atoms with E-state index in [1.807, 2.05) is 0 Å². The fourth-order valence-corrected chi connectivity index (χ4v) is 1.60. The van der Waals surface area contributed by atoms with Gasteiger partial charge in [-0.05, 0) is 12.1 Å². The summed E-state index contributed by atoms with van der Waals surface area (Å²) in [5.41, 5.74) is 0.473. The van der Waals surface area contributed by atoms with Crippen LogP contribution in [-0.2, 0) is 0 Å². The van der Waals surface area contributed by atoms with Gasteiger partial charge in [0.1, 0.15) is 6.26 Å². The number of aldehydes is 1. The molecule has 1 aromatic carbocycles. The zero-order valence-corrected chi connectivity index (χ0v) is 7.97. The van der Waals surface area contributed by atoms with Crippen molar-refractivity contribution in [3.63, 3.8) is 0 Å². The first-order valence-electron chi connectivity index (χ1n) is 3.54. The van der Waals surface area contributed by atoms with Crippen molar-refractivity contribution in [2.24, 2.45) is 0 Å².